The Hall–Kier alpha value is -2.38. The van der Waals surface area contributed by atoms with Crippen LogP contribution >= 0.6 is 0 Å². The Morgan fingerprint density at radius 2 is 1.81 bits per heavy atom. The molecule has 7 heteroatoms. The third-order valence-electron chi connectivity index (χ3n) is 5.36. The Balaban J connectivity index is 1.55. The third kappa shape index (κ3) is 3.44. The zero-order valence-electron chi connectivity index (χ0n) is 15.0. The third-order valence-corrected chi connectivity index (χ3v) is 7.23. The van der Waals surface area contributed by atoms with Crippen molar-refractivity contribution < 1.29 is 13.2 Å². The van der Waals surface area contributed by atoms with Crippen molar-refractivity contribution in [1.29, 1.82) is 0 Å². The first-order chi connectivity index (χ1) is 13.0. The SMILES string of the molecule is N[C@@H]1CN(C(=O)c2cccc(N3CCCS3(=O)=O)c2)C[C@H]1c1ccccc1. The maximum absolute atomic E-state index is 13.0. The van der Waals surface area contributed by atoms with Crippen LogP contribution in [0.4, 0.5) is 5.69 Å². The number of benzene rings is 2. The van der Waals surface area contributed by atoms with Gasteiger partial charge in [-0.15, -0.1) is 0 Å². The molecule has 2 N–H and O–H groups in total. The summed E-state index contributed by atoms with van der Waals surface area (Å²) >= 11 is 0. The van der Waals surface area contributed by atoms with Crippen LogP contribution in [-0.4, -0.2) is 50.7 Å². The lowest BCUT2D eigenvalue weighted by atomic mass is 9.95. The molecule has 2 aromatic carbocycles. The van der Waals surface area contributed by atoms with Gasteiger partial charge in [0.2, 0.25) is 10.0 Å². The summed E-state index contributed by atoms with van der Waals surface area (Å²) in [4.78, 5) is 14.8. The first kappa shape index (κ1) is 18.0. The molecule has 0 aromatic heterocycles. The monoisotopic (exact) mass is 385 g/mol. The molecule has 27 heavy (non-hydrogen) atoms. The summed E-state index contributed by atoms with van der Waals surface area (Å²) in [6.45, 7) is 1.52. The van der Waals surface area contributed by atoms with E-state index in [0.717, 1.165) is 5.56 Å². The minimum atomic E-state index is -3.27. The van der Waals surface area contributed by atoms with Gasteiger partial charge in [0.15, 0.2) is 0 Å². The molecule has 0 bridgehead atoms. The molecule has 0 aliphatic carbocycles. The molecule has 2 fully saturated rings. The van der Waals surface area contributed by atoms with Crippen LogP contribution in [0.25, 0.3) is 0 Å². The van der Waals surface area contributed by atoms with Crippen molar-refractivity contribution in [1.82, 2.24) is 4.90 Å². The molecule has 2 aromatic rings. The number of rotatable bonds is 3. The molecular weight excluding hydrogens is 362 g/mol. The van der Waals surface area contributed by atoms with Crippen LogP contribution < -0.4 is 10.0 Å². The summed E-state index contributed by atoms with van der Waals surface area (Å²) in [5.41, 5.74) is 8.49. The number of carbonyl (C=O) groups excluding carboxylic acids is 1. The molecule has 0 saturated carbocycles. The molecule has 2 aliphatic rings. The van der Waals surface area contributed by atoms with Gasteiger partial charge in [0.25, 0.3) is 5.91 Å². The second-order valence-electron chi connectivity index (χ2n) is 7.18. The second kappa shape index (κ2) is 6.98. The number of nitrogens with two attached hydrogens (primary N) is 1. The predicted octanol–water partition coefficient (Wildman–Crippen LogP) is 1.79. The minimum Gasteiger partial charge on any atom is -0.336 e. The van der Waals surface area contributed by atoms with E-state index in [1.807, 2.05) is 30.3 Å². The number of amides is 1. The van der Waals surface area contributed by atoms with Crippen LogP contribution in [0.3, 0.4) is 0 Å². The Labute approximate surface area is 159 Å². The van der Waals surface area contributed by atoms with Crippen LogP contribution in [0.5, 0.6) is 0 Å². The molecule has 4 rings (SSSR count). The molecule has 1 amide bonds. The zero-order chi connectivity index (χ0) is 19.0. The van der Waals surface area contributed by atoms with Gasteiger partial charge >= 0.3 is 0 Å². The fraction of sp³-hybridized carbons (Fsp3) is 0.350. The Kier molecular flexibility index (Phi) is 4.65. The normalized spacial score (nSPS) is 24.3. The largest absolute Gasteiger partial charge is 0.336 e. The molecule has 2 atom stereocenters. The highest BCUT2D eigenvalue weighted by Gasteiger charge is 2.35. The van der Waals surface area contributed by atoms with Crippen molar-refractivity contribution in [2.75, 3.05) is 29.7 Å². The van der Waals surface area contributed by atoms with Crippen LogP contribution in [0.2, 0.25) is 0 Å². The van der Waals surface area contributed by atoms with Crippen LogP contribution in [0, 0.1) is 0 Å². The van der Waals surface area contributed by atoms with Gasteiger partial charge in [-0.25, -0.2) is 8.42 Å². The number of hydrogen-bond acceptors (Lipinski definition) is 4. The van der Waals surface area contributed by atoms with E-state index in [2.05, 4.69) is 0 Å². The molecular formula is C20H23N3O3S. The number of likely N-dealkylation sites (tertiary alicyclic amines) is 1. The van der Waals surface area contributed by atoms with Gasteiger partial charge in [-0.3, -0.25) is 9.10 Å². The van der Waals surface area contributed by atoms with E-state index in [1.165, 1.54) is 4.31 Å². The van der Waals surface area contributed by atoms with Crippen molar-refractivity contribution >= 4 is 21.6 Å². The smallest absolute Gasteiger partial charge is 0.254 e. The highest BCUT2D eigenvalue weighted by atomic mass is 32.2. The highest BCUT2D eigenvalue weighted by Crippen LogP contribution is 2.29. The van der Waals surface area contributed by atoms with Gasteiger partial charge in [-0.2, -0.15) is 0 Å². The number of anilines is 1. The van der Waals surface area contributed by atoms with Crippen molar-refractivity contribution in [3.05, 3.63) is 65.7 Å². The fourth-order valence-corrected chi connectivity index (χ4v) is 5.51. The average Bonchev–Trinajstić information content (AvgIpc) is 3.23. The lowest BCUT2D eigenvalue weighted by molar-refractivity contribution is 0.0789. The molecule has 6 nitrogen and oxygen atoms in total. The maximum Gasteiger partial charge on any atom is 0.254 e. The molecule has 2 saturated heterocycles. The summed E-state index contributed by atoms with van der Waals surface area (Å²) < 4.78 is 25.7. The van der Waals surface area contributed by atoms with Crippen LogP contribution in [-0.2, 0) is 10.0 Å². The van der Waals surface area contributed by atoms with E-state index in [9.17, 15) is 13.2 Å². The fourth-order valence-electron chi connectivity index (χ4n) is 3.95. The Morgan fingerprint density at radius 3 is 2.52 bits per heavy atom. The molecule has 0 unspecified atom stereocenters. The first-order valence-electron chi connectivity index (χ1n) is 9.16. The number of sulfonamides is 1. The first-order valence-corrected chi connectivity index (χ1v) is 10.8. The van der Waals surface area contributed by atoms with Gasteiger partial charge in [0.1, 0.15) is 0 Å². The molecule has 142 valence electrons. The standard InChI is InChI=1S/C20H23N3O3S/c21-19-14-22(13-18(19)15-6-2-1-3-7-15)20(24)16-8-4-9-17(12-16)23-10-5-11-27(23,25)26/h1-4,6-9,12,18-19H,5,10-11,13-14,21H2/t18-,19+/m0/s1. The van der Waals surface area contributed by atoms with Gasteiger partial charge in [-0.1, -0.05) is 36.4 Å². The minimum absolute atomic E-state index is 0.109. The van der Waals surface area contributed by atoms with Crippen molar-refractivity contribution in [3.63, 3.8) is 0 Å². The van der Waals surface area contributed by atoms with E-state index in [1.54, 1.807) is 29.2 Å². The number of nitrogens with zero attached hydrogens (tertiary/aromatic N) is 2. The van der Waals surface area contributed by atoms with Crippen molar-refractivity contribution in [3.8, 4) is 0 Å². The van der Waals surface area contributed by atoms with E-state index in [-0.39, 0.29) is 23.6 Å². The summed E-state index contributed by atoms with van der Waals surface area (Å²) in [5.74, 6) is 0.157. The quantitative estimate of drug-likeness (QED) is 0.873. The van der Waals surface area contributed by atoms with E-state index in [0.29, 0.717) is 37.3 Å². The van der Waals surface area contributed by atoms with Gasteiger partial charge < -0.3 is 10.6 Å². The molecule has 0 spiro atoms. The summed E-state index contributed by atoms with van der Waals surface area (Å²) in [7, 11) is -3.27. The summed E-state index contributed by atoms with van der Waals surface area (Å²) in [5, 5.41) is 0. The Morgan fingerprint density at radius 1 is 1.04 bits per heavy atom. The highest BCUT2D eigenvalue weighted by molar-refractivity contribution is 7.93. The Bertz CT molecular complexity index is 946. The van der Waals surface area contributed by atoms with Crippen molar-refractivity contribution in [2.24, 2.45) is 5.73 Å². The number of hydrogen-bond donors (Lipinski definition) is 1. The van der Waals surface area contributed by atoms with Crippen LogP contribution in [0.1, 0.15) is 28.3 Å². The average molecular weight is 385 g/mol. The van der Waals surface area contributed by atoms with E-state index >= 15 is 0 Å². The van der Waals surface area contributed by atoms with Gasteiger partial charge in [0.05, 0.1) is 11.4 Å². The molecule has 2 aliphatic heterocycles. The topological polar surface area (TPSA) is 83.7 Å². The maximum atomic E-state index is 13.0. The number of carbonyl (C=O) groups is 1. The van der Waals surface area contributed by atoms with E-state index in [4.69, 9.17) is 5.73 Å². The molecule has 0 radical (unpaired) electrons. The summed E-state index contributed by atoms with van der Waals surface area (Å²) in [6, 6.07) is 16.8. The van der Waals surface area contributed by atoms with Gasteiger partial charge in [-0.05, 0) is 30.2 Å². The van der Waals surface area contributed by atoms with Gasteiger partial charge in [0, 0.05) is 37.2 Å². The predicted molar refractivity (Wildman–Crippen MR) is 105 cm³/mol. The lowest BCUT2D eigenvalue weighted by Gasteiger charge is -2.20. The second-order valence-corrected chi connectivity index (χ2v) is 9.20. The molecule has 2 heterocycles. The lowest BCUT2D eigenvalue weighted by Crippen LogP contribution is -2.32. The van der Waals surface area contributed by atoms with Crippen LogP contribution in [0.15, 0.2) is 54.6 Å². The van der Waals surface area contributed by atoms with E-state index < -0.39 is 10.0 Å². The zero-order valence-corrected chi connectivity index (χ0v) is 15.8. The summed E-state index contributed by atoms with van der Waals surface area (Å²) in [6.07, 6.45) is 0.611. The van der Waals surface area contributed by atoms with Crippen molar-refractivity contribution in [2.45, 2.75) is 18.4 Å².